The number of rotatable bonds is 5. The predicted molar refractivity (Wildman–Crippen MR) is 66.3 cm³/mol. The van der Waals surface area contributed by atoms with Crippen molar-refractivity contribution in [2.45, 2.75) is 40.2 Å². The van der Waals surface area contributed by atoms with E-state index in [-0.39, 0.29) is 17.9 Å². The first-order chi connectivity index (χ1) is 7.73. The molecule has 5 nitrogen and oxygen atoms in total. The Balaban J connectivity index is 4.70. The van der Waals surface area contributed by atoms with Gasteiger partial charge in [0.25, 0.3) is 0 Å². The Bertz CT molecular complexity index is 271. The number of amides is 1. The van der Waals surface area contributed by atoms with Crippen LogP contribution < -0.4 is 5.73 Å². The third-order valence-electron chi connectivity index (χ3n) is 2.55. The molecule has 0 fully saturated rings. The molecule has 1 unspecified atom stereocenters. The Kier molecular flexibility index (Phi) is 6.16. The van der Waals surface area contributed by atoms with Crippen molar-refractivity contribution in [3.63, 3.8) is 0 Å². The van der Waals surface area contributed by atoms with Crippen LogP contribution in [0.5, 0.6) is 0 Å². The van der Waals surface area contributed by atoms with Gasteiger partial charge in [0.05, 0.1) is 13.2 Å². The molecule has 0 aliphatic rings. The molecule has 1 amide bonds. The van der Waals surface area contributed by atoms with E-state index >= 15 is 0 Å². The molecule has 5 heteroatoms. The van der Waals surface area contributed by atoms with Crippen molar-refractivity contribution >= 4 is 11.9 Å². The van der Waals surface area contributed by atoms with E-state index < -0.39 is 12.0 Å². The second-order valence-electron chi connectivity index (χ2n) is 5.18. The molecule has 0 saturated carbocycles. The Morgan fingerprint density at radius 2 is 1.88 bits per heavy atom. The number of nitrogens with two attached hydrogens (primary N) is 1. The van der Waals surface area contributed by atoms with Gasteiger partial charge in [0, 0.05) is 6.54 Å². The van der Waals surface area contributed by atoms with Gasteiger partial charge in [-0.25, -0.2) is 0 Å². The third-order valence-corrected chi connectivity index (χ3v) is 2.55. The quantitative estimate of drug-likeness (QED) is 0.725. The summed E-state index contributed by atoms with van der Waals surface area (Å²) in [4.78, 5) is 24.8. The summed E-state index contributed by atoms with van der Waals surface area (Å²) < 4.78 is 4.57. The molecular formula is C12H24N2O3. The molecule has 0 rings (SSSR count). The second kappa shape index (κ2) is 6.59. The molecule has 0 saturated heterocycles. The van der Waals surface area contributed by atoms with E-state index in [1.54, 1.807) is 0 Å². The Hall–Kier alpha value is -1.10. The van der Waals surface area contributed by atoms with Crippen LogP contribution in [0.25, 0.3) is 0 Å². The van der Waals surface area contributed by atoms with Gasteiger partial charge in [-0.05, 0) is 11.8 Å². The minimum Gasteiger partial charge on any atom is -0.468 e. The van der Waals surface area contributed by atoms with Crippen molar-refractivity contribution in [3.05, 3.63) is 0 Å². The summed E-state index contributed by atoms with van der Waals surface area (Å²) >= 11 is 0. The molecule has 0 aromatic heterocycles. The zero-order valence-corrected chi connectivity index (χ0v) is 11.4. The lowest BCUT2D eigenvalue weighted by Gasteiger charge is -2.31. The third kappa shape index (κ3) is 5.17. The van der Waals surface area contributed by atoms with E-state index in [0.29, 0.717) is 6.54 Å². The van der Waals surface area contributed by atoms with Crippen LogP contribution in [0, 0.1) is 5.41 Å². The molecule has 17 heavy (non-hydrogen) atoms. The molecule has 2 N–H and O–H groups in total. The number of hydrogen-bond acceptors (Lipinski definition) is 4. The molecular weight excluding hydrogens is 220 g/mol. The lowest BCUT2D eigenvalue weighted by Crippen LogP contribution is -2.51. The summed E-state index contributed by atoms with van der Waals surface area (Å²) in [5.41, 5.74) is 5.58. The Labute approximate surface area is 103 Å². The highest BCUT2D eigenvalue weighted by atomic mass is 16.5. The number of nitrogens with zero attached hydrogens (tertiary/aromatic N) is 1. The molecule has 0 aliphatic carbocycles. The van der Waals surface area contributed by atoms with Crippen LogP contribution in [0.2, 0.25) is 0 Å². The topological polar surface area (TPSA) is 72.6 Å². The summed E-state index contributed by atoms with van der Waals surface area (Å²) in [5, 5.41) is 0. The molecule has 0 spiro atoms. The van der Waals surface area contributed by atoms with Crippen LogP contribution in [0.4, 0.5) is 0 Å². The lowest BCUT2D eigenvalue weighted by atomic mass is 9.86. The lowest BCUT2D eigenvalue weighted by molar-refractivity contribution is -0.148. The zero-order chi connectivity index (χ0) is 13.6. The number of carbonyl (C=O) groups excluding carboxylic acids is 2. The van der Waals surface area contributed by atoms with Crippen LogP contribution in [-0.2, 0) is 14.3 Å². The molecule has 100 valence electrons. The highest BCUT2D eigenvalue weighted by Crippen LogP contribution is 2.19. The van der Waals surface area contributed by atoms with E-state index in [4.69, 9.17) is 5.73 Å². The van der Waals surface area contributed by atoms with Crippen LogP contribution in [0.3, 0.4) is 0 Å². The first-order valence-corrected chi connectivity index (χ1v) is 5.85. The summed E-state index contributed by atoms with van der Waals surface area (Å²) in [6.07, 6.45) is 0.777. The average Bonchev–Trinajstić information content (AvgIpc) is 2.25. The maximum absolute atomic E-state index is 12.1. The normalized spacial score (nSPS) is 13.1. The first kappa shape index (κ1) is 15.9. The van der Waals surface area contributed by atoms with Crippen molar-refractivity contribution in [1.82, 2.24) is 4.90 Å². The van der Waals surface area contributed by atoms with Gasteiger partial charge in [0.1, 0.15) is 6.54 Å². The van der Waals surface area contributed by atoms with Crippen molar-refractivity contribution < 1.29 is 14.3 Å². The Morgan fingerprint density at radius 3 is 2.24 bits per heavy atom. The zero-order valence-electron chi connectivity index (χ0n) is 11.4. The molecule has 0 radical (unpaired) electrons. The molecule has 0 bridgehead atoms. The van der Waals surface area contributed by atoms with Crippen LogP contribution >= 0.6 is 0 Å². The van der Waals surface area contributed by atoms with Crippen molar-refractivity contribution in [2.75, 3.05) is 20.2 Å². The van der Waals surface area contributed by atoms with Crippen LogP contribution in [0.1, 0.15) is 34.1 Å². The molecule has 0 aliphatic heterocycles. The van der Waals surface area contributed by atoms with Gasteiger partial charge in [-0.15, -0.1) is 0 Å². The largest absolute Gasteiger partial charge is 0.468 e. The summed E-state index contributed by atoms with van der Waals surface area (Å²) in [6, 6.07) is -0.612. The Morgan fingerprint density at radius 1 is 1.35 bits per heavy atom. The number of hydrogen-bond donors (Lipinski definition) is 1. The highest BCUT2D eigenvalue weighted by Gasteiger charge is 2.31. The smallest absolute Gasteiger partial charge is 0.325 e. The maximum Gasteiger partial charge on any atom is 0.325 e. The van der Waals surface area contributed by atoms with Gasteiger partial charge in [-0.3, -0.25) is 9.59 Å². The maximum atomic E-state index is 12.1. The fourth-order valence-electron chi connectivity index (χ4n) is 1.32. The number of methoxy groups -OCH3 is 1. The fourth-order valence-corrected chi connectivity index (χ4v) is 1.32. The van der Waals surface area contributed by atoms with Crippen molar-refractivity contribution in [3.8, 4) is 0 Å². The fraction of sp³-hybridized carbons (Fsp3) is 0.833. The van der Waals surface area contributed by atoms with E-state index in [0.717, 1.165) is 6.42 Å². The number of esters is 1. The number of carbonyl (C=O) groups is 2. The van der Waals surface area contributed by atoms with E-state index in [9.17, 15) is 9.59 Å². The molecule has 0 aromatic carbocycles. The number of ether oxygens (including phenoxy) is 1. The summed E-state index contributed by atoms with van der Waals surface area (Å²) in [5.74, 6) is -0.627. The SMILES string of the molecule is CCCN(CC(=O)OC)C(=O)C(N)C(C)(C)C. The van der Waals surface area contributed by atoms with Crippen molar-refractivity contribution in [1.29, 1.82) is 0 Å². The minimum absolute atomic E-state index is 0.0348. The van der Waals surface area contributed by atoms with E-state index in [2.05, 4.69) is 4.74 Å². The van der Waals surface area contributed by atoms with Crippen LogP contribution in [0.15, 0.2) is 0 Å². The van der Waals surface area contributed by atoms with E-state index in [1.165, 1.54) is 12.0 Å². The van der Waals surface area contributed by atoms with Gasteiger partial charge >= 0.3 is 5.97 Å². The van der Waals surface area contributed by atoms with Gasteiger partial charge in [-0.1, -0.05) is 27.7 Å². The monoisotopic (exact) mass is 244 g/mol. The second-order valence-corrected chi connectivity index (χ2v) is 5.18. The van der Waals surface area contributed by atoms with E-state index in [1.807, 2.05) is 27.7 Å². The standard InChI is InChI=1S/C12H24N2O3/c1-6-7-14(8-9(15)17-5)11(16)10(13)12(2,3)4/h10H,6-8,13H2,1-5H3. The summed E-state index contributed by atoms with van der Waals surface area (Å²) in [7, 11) is 1.31. The summed E-state index contributed by atoms with van der Waals surface area (Å²) in [6.45, 7) is 8.12. The molecule has 1 atom stereocenters. The van der Waals surface area contributed by atoms with Gasteiger partial charge in [-0.2, -0.15) is 0 Å². The first-order valence-electron chi connectivity index (χ1n) is 5.85. The highest BCUT2D eigenvalue weighted by molar-refractivity contribution is 5.86. The minimum atomic E-state index is -0.612. The van der Waals surface area contributed by atoms with Crippen LogP contribution in [-0.4, -0.2) is 43.0 Å². The molecule has 0 aromatic rings. The van der Waals surface area contributed by atoms with Gasteiger partial charge in [0.15, 0.2) is 0 Å². The molecule has 0 heterocycles. The van der Waals surface area contributed by atoms with Gasteiger partial charge < -0.3 is 15.4 Å². The average molecular weight is 244 g/mol. The van der Waals surface area contributed by atoms with Gasteiger partial charge in [0.2, 0.25) is 5.91 Å². The predicted octanol–water partition coefficient (Wildman–Crippen LogP) is 0.771. The van der Waals surface area contributed by atoms with Crippen molar-refractivity contribution in [2.24, 2.45) is 11.1 Å².